The third kappa shape index (κ3) is 6.39. The van der Waals surface area contributed by atoms with Crippen LogP contribution in [0.1, 0.15) is 13.8 Å². The molecule has 1 saturated heterocycles. The fraction of sp³-hybridized carbons (Fsp3) is 0.600. The van der Waals surface area contributed by atoms with E-state index in [0.717, 1.165) is 0 Å². The number of morpholine rings is 1. The zero-order chi connectivity index (χ0) is 23.9. The Morgan fingerprint density at radius 3 is 2.34 bits per heavy atom. The van der Waals surface area contributed by atoms with Crippen molar-refractivity contribution in [1.29, 1.82) is 0 Å². The molecule has 0 radical (unpaired) electrons. The van der Waals surface area contributed by atoms with Crippen molar-refractivity contribution in [2.75, 3.05) is 46.5 Å². The van der Waals surface area contributed by atoms with E-state index in [0.29, 0.717) is 38.6 Å². The number of nitrogens with zero attached hydrogens (tertiary/aromatic N) is 2. The number of sulfone groups is 1. The summed E-state index contributed by atoms with van der Waals surface area (Å²) in [6.07, 6.45) is 0. The van der Waals surface area contributed by atoms with Crippen LogP contribution < -0.4 is 15.8 Å². The van der Waals surface area contributed by atoms with Crippen LogP contribution in [0.2, 0.25) is 0 Å². The average molecular weight is 473 g/mol. The fourth-order valence-electron chi connectivity index (χ4n) is 3.46. The Balaban J connectivity index is 2.30. The molecule has 180 valence electrons. The second-order valence-electron chi connectivity index (χ2n) is 7.79. The van der Waals surface area contributed by atoms with Crippen molar-refractivity contribution in [3.05, 3.63) is 24.3 Å². The quantitative estimate of drug-likeness (QED) is 0.360. The molecule has 4 N–H and O–H groups in total. The standard InChI is InChI=1S/C20H32N4O7S/c1-14(2)17(18(21)25)24(27)20(19(26)22-8-9-23-10-12-31-13-11-23)32(28,29)16-6-4-15(30-3)5-7-16/h4-7,14,17,20,27H,8-13H2,1-3H3,(H2,21,25)(H,22,26)/t17-,20?/m1/s1. The van der Waals surface area contributed by atoms with Crippen molar-refractivity contribution in [2.24, 2.45) is 11.7 Å². The van der Waals surface area contributed by atoms with E-state index in [9.17, 15) is 23.2 Å². The number of primary amides is 1. The summed E-state index contributed by atoms with van der Waals surface area (Å²) in [5.74, 6) is -2.03. The van der Waals surface area contributed by atoms with Gasteiger partial charge in [-0.3, -0.25) is 14.5 Å². The van der Waals surface area contributed by atoms with Gasteiger partial charge < -0.3 is 25.7 Å². The molecule has 1 aliphatic heterocycles. The highest BCUT2D eigenvalue weighted by Crippen LogP contribution is 2.24. The normalized spacial score (nSPS) is 17.2. The first-order valence-electron chi connectivity index (χ1n) is 10.3. The summed E-state index contributed by atoms with van der Waals surface area (Å²) >= 11 is 0. The number of hydroxylamine groups is 2. The molecule has 0 aromatic heterocycles. The molecule has 2 rings (SSSR count). The number of amides is 2. The first kappa shape index (κ1) is 26.0. The van der Waals surface area contributed by atoms with Gasteiger partial charge in [0.2, 0.25) is 21.1 Å². The molecule has 1 unspecified atom stereocenters. The Morgan fingerprint density at radius 2 is 1.84 bits per heavy atom. The first-order valence-corrected chi connectivity index (χ1v) is 11.9. The predicted octanol–water partition coefficient (Wildman–Crippen LogP) is -0.555. The van der Waals surface area contributed by atoms with Crippen LogP contribution >= 0.6 is 0 Å². The van der Waals surface area contributed by atoms with Crippen LogP contribution in [-0.2, 0) is 24.2 Å². The summed E-state index contributed by atoms with van der Waals surface area (Å²) in [5, 5.41) is 11.5. The first-order chi connectivity index (χ1) is 15.1. The number of nitrogens with two attached hydrogens (primary N) is 1. The maximum Gasteiger partial charge on any atom is 0.255 e. The monoisotopic (exact) mass is 472 g/mol. The van der Waals surface area contributed by atoms with Gasteiger partial charge in [-0.25, -0.2) is 8.42 Å². The van der Waals surface area contributed by atoms with Crippen LogP contribution in [0, 0.1) is 5.92 Å². The van der Waals surface area contributed by atoms with Gasteiger partial charge in [-0.15, -0.1) is 0 Å². The molecule has 2 atom stereocenters. The molecule has 11 nitrogen and oxygen atoms in total. The third-order valence-electron chi connectivity index (χ3n) is 5.19. The van der Waals surface area contributed by atoms with Gasteiger partial charge in [0.15, 0.2) is 0 Å². The molecule has 32 heavy (non-hydrogen) atoms. The predicted molar refractivity (Wildman–Crippen MR) is 116 cm³/mol. The van der Waals surface area contributed by atoms with E-state index in [2.05, 4.69) is 10.2 Å². The Labute approximate surface area is 188 Å². The van der Waals surface area contributed by atoms with E-state index in [4.69, 9.17) is 15.2 Å². The van der Waals surface area contributed by atoms with E-state index < -0.39 is 39.0 Å². The molecule has 2 amide bonds. The number of ether oxygens (including phenoxy) is 2. The summed E-state index contributed by atoms with van der Waals surface area (Å²) in [7, 11) is -2.99. The van der Waals surface area contributed by atoms with E-state index in [1.54, 1.807) is 13.8 Å². The van der Waals surface area contributed by atoms with Crippen LogP contribution in [0.25, 0.3) is 0 Å². The molecule has 1 fully saturated rings. The second-order valence-corrected chi connectivity index (χ2v) is 9.80. The van der Waals surface area contributed by atoms with Crippen molar-refractivity contribution < 1.29 is 32.7 Å². The number of hydrogen-bond acceptors (Lipinski definition) is 9. The maximum absolute atomic E-state index is 13.3. The molecule has 1 heterocycles. The fourth-order valence-corrected chi connectivity index (χ4v) is 5.01. The lowest BCUT2D eigenvalue weighted by atomic mass is 10.0. The lowest BCUT2D eigenvalue weighted by Crippen LogP contribution is -2.58. The van der Waals surface area contributed by atoms with Crippen molar-refractivity contribution >= 4 is 21.7 Å². The molecule has 1 aliphatic rings. The Kier molecular flexibility index (Phi) is 9.40. The summed E-state index contributed by atoms with van der Waals surface area (Å²) in [4.78, 5) is 26.8. The molecule has 0 aliphatic carbocycles. The number of methoxy groups -OCH3 is 1. The minimum absolute atomic E-state index is 0.157. The Bertz CT molecular complexity index is 870. The number of rotatable bonds is 11. The van der Waals surface area contributed by atoms with Gasteiger partial charge in [0.25, 0.3) is 5.91 Å². The highest BCUT2D eigenvalue weighted by atomic mass is 32.2. The van der Waals surface area contributed by atoms with Gasteiger partial charge in [-0.05, 0) is 30.2 Å². The van der Waals surface area contributed by atoms with Gasteiger partial charge in [-0.1, -0.05) is 13.8 Å². The number of benzene rings is 1. The number of carbonyl (C=O) groups excluding carboxylic acids is 2. The molecule has 0 spiro atoms. The van der Waals surface area contributed by atoms with Crippen LogP contribution in [-0.4, -0.2) is 93.3 Å². The zero-order valence-electron chi connectivity index (χ0n) is 18.6. The lowest BCUT2D eigenvalue weighted by Gasteiger charge is -2.32. The SMILES string of the molecule is COc1ccc(S(=O)(=O)C(C(=O)NCCN2CCOCC2)N(O)[C@@H](C(N)=O)C(C)C)cc1. The third-order valence-corrected chi connectivity index (χ3v) is 7.13. The van der Waals surface area contributed by atoms with E-state index in [1.807, 2.05) is 0 Å². The van der Waals surface area contributed by atoms with Gasteiger partial charge in [0.05, 0.1) is 25.2 Å². The summed E-state index contributed by atoms with van der Waals surface area (Å²) in [6, 6.07) is 4.00. The molecule has 1 aromatic rings. The zero-order valence-corrected chi connectivity index (χ0v) is 19.4. The molecule has 12 heteroatoms. The second kappa shape index (κ2) is 11.6. The minimum Gasteiger partial charge on any atom is -0.497 e. The van der Waals surface area contributed by atoms with E-state index in [1.165, 1.54) is 31.4 Å². The van der Waals surface area contributed by atoms with Crippen LogP contribution in [0.4, 0.5) is 0 Å². The lowest BCUT2D eigenvalue weighted by molar-refractivity contribution is -0.171. The van der Waals surface area contributed by atoms with Crippen molar-refractivity contribution in [3.8, 4) is 5.75 Å². The minimum atomic E-state index is -4.42. The number of carbonyl (C=O) groups is 2. The summed E-state index contributed by atoms with van der Waals surface area (Å²) in [5.41, 5.74) is 5.39. The summed E-state index contributed by atoms with van der Waals surface area (Å²) in [6.45, 7) is 6.39. The van der Waals surface area contributed by atoms with Gasteiger partial charge in [0, 0.05) is 26.2 Å². The number of nitrogens with one attached hydrogen (secondary N) is 1. The molecular weight excluding hydrogens is 440 g/mol. The molecule has 0 saturated carbocycles. The molecular formula is C20H32N4O7S. The van der Waals surface area contributed by atoms with Crippen LogP contribution in [0.15, 0.2) is 29.2 Å². The topological polar surface area (TPSA) is 152 Å². The van der Waals surface area contributed by atoms with Crippen LogP contribution in [0.5, 0.6) is 5.75 Å². The smallest absolute Gasteiger partial charge is 0.255 e. The largest absolute Gasteiger partial charge is 0.497 e. The average Bonchev–Trinajstić information content (AvgIpc) is 2.74. The van der Waals surface area contributed by atoms with Crippen LogP contribution in [0.3, 0.4) is 0 Å². The molecule has 1 aromatic carbocycles. The van der Waals surface area contributed by atoms with Crippen molar-refractivity contribution in [3.63, 3.8) is 0 Å². The van der Waals surface area contributed by atoms with Crippen molar-refractivity contribution in [2.45, 2.75) is 30.2 Å². The summed E-state index contributed by atoms with van der Waals surface area (Å²) < 4.78 is 37.0. The highest BCUT2D eigenvalue weighted by molar-refractivity contribution is 7.92. The molecule has 0 bridgehead atoms. The van der Waals surface area contributed by atoms with E-state index >= 15 is 0 Å². The maximum atomic E-state index is 13.3. The van der Waals surface area contributed by atoms with E-state index in [-0.39, 0.29) is 16.5 Å². The Hall–Kier alpha value is -2.25. The number of hydrogen-bond donors (Lipinski definition) is 3. The van der Waals surface area contributed by atoms with Gasteiger partial charge in [-0.2, -0.15) is 5.06 Å². The Morgan fingerprint density at radius 1 is 1.25 bits per heavy atom. The highest BCUT2D eigenvalue weighted by Gasteiger charge is 2.44. The van der Waals surface area contributed by atoms with Gasteiger partial charge in [0.1, 0.15) is 11.8 Å². The van der Waals surface area contributed by atoms with Gasteiger partial charge >= 0.3 is 0 Å². The van der Waals surface area contributed by atoms with Crippen molar-refractivity contribution in [1.82, 2.24) is 15.3 Å².